The fraction of sp³-hybridized carbons (Fsp3) is 1.00. The molecule has 0 aromatic carbocycles. The summed E-state index contributed by atoms with van der Waals surface area (Å²) in [4.78, 5) is 0. The molecule has 2 bridgehead atoms. The number of hydrogen-bond donors (Lipinski definition) is 1. The fourth-order valence-electron chi connectivity index (χ4n) is 5.19. The van der Waals surface area contributed by atoms with E-state index < -0.39 is 0 Å². The van der Waals surface area contributed by atoms with Gasteiger partial charge >= 0.3 is 0 Å². The average Bonchev–Trinajstić information content (AvgIpc) is 3.01. The van der Waals surface area contributed by atoms with Crippen LogP contribution in [0.5, 0.6) is 0 Å². The van der Waals surface area contributed by atoms with Crippen LogP contribution < -0.4 is 0 Å². The zero-order valence-electron chi connectivity index (χ0n) is 13.5. The number of rotatable bonds is 4. The zero-order chi connectivity index (χ0) is 14.4. The van der Waals surface area contributed by atoms with Crippen molar-refractivity contribution in [2.45, 2.75) is 83.3 Å². The van der Waals surface area contributed by atoms with Crippen molar-refractivity contribution in [2.75, 3.05) is 7.11 Å². The second-order valence-electron chi connectivity index (χ2n) is 8.62. The Balaban J connectivity index is 1.61. The number of fused-ring (bicyclic) bond motifs is 2. The van der Waals surface area contributed by atoms with Gasteiger partial charge in [-0.25, -0.2) is 0 Å². The first kappa shape index (κ1) is 14.8. The van der Waals surface area contributed by atoms with Crippen molar-refractivity contribution in [3.8, 4) is 0 Å². The van der Waals surface area contributed by atoms with Gasteiger partial charge in [-0.2, -0.15) is 0 Å². The molecule has 0 amide bonds. The van der Waals surface area contributed by atoms with Crippen LogP contribution in [-0.2, 0) is 4.74 Å². The predicted molar refractivity (Wildman–Crippen MR) is 81.6 cm³/mol. The molecule has 3 saturated carbocycles. The largest absolute Gasteiger partial charge is 0.390 e. The van der Waals surface area contributed by atoms with Gasteiger partial charge in [-0.1, -0.05) is 20.3 Å². The molecule has 4 atom stereocenters. The molecular weight excluding hydrogens is 248 g/mol. The standard InChI is InChI=1S/C18H32O2/c1-17(2)6-8-18(20-3,9-7-17)16(19)12-15-11-13-4-5-14(15)10-13/h13-16,19H,4-12H2,1-3H3. The second-order valence-corrected chi connectivity index (χ2v) is 8.62. The SMILES string of the molecule is COC1(C(O)CC2CC3CCC2C3)CCC(C)(C)CC1. The number of methoxy groups -OCH3 is 1. The van der Waals surface area contributed by atoms with Crippen molar-refractivity contribution in [3.05, 3.63) is 0 Å². The Bertz CT molecular complexity index is 339. The van der Waals surface area contributed by atoms with E-state index in [4.69, 9.17) is 4.74 Å². The smallest absolute Gasteiger partial charge is 0.0936 e. The lowest BCUT2D eigenvalue weighted by Crippen LogP contribution is -2.49. The summed E-state index contributed by atoms with van der Waals surface area (Å²) in [5.41, 5.74) is 0.172. The molecule has 0 spiro atoms. The van der Waals surface area contributed by atoms with Gasteiger partial charge in [0, 0.05) is 7.11 Å². The minimum Gasteiger partial charge on any atom is -0.390 e. The van der Waals surface area contributed by atoms with Crippen LogP contribution in [0.3, 0.4) is 0 Å². The molecule has 0 aromatic rings. The monoisotopic (exact) mass is 280 g/mol. The minimum absolute atomic E-state index is 0.253. The van der Waals surface area contributed by atoms with Crippen LogP contribution in [0.4, 0.5) is 0 Å². The first-order chi connectivity index (χ1) is 9.44. The van der Waals surface area contributed by atoms with Crippen molar-refractivity contribution >= 4 is 0 Å². The molecule has 3 aliphatic rings. The zero-order valence-corrected chi connectivity index (χ0v) is 13.5. The highest BCUT2D eigenvalue weighted by Crippen LogP contribution is 2.52. The summed E-state index contributed by atoms with van der Waals surface area (Å²) in [6.07, 6.45) is 10.8. The molecule has 4 unspecified atom stereocenters. The van der Waals surface area contributed by atoms with Crippen molar-refractivity contribution in [3.63, 3.8) is 0 Å². The van der Waals surface area contributed by atoms with Gasteiger partial charge in [0.15, 0.2) is 0 Å². The molecule has 1 N–H and O–H groups in total. The summed E-state index contributed by atoms with van der Waals surface area (Å²) >= 11 is 0. The predicted octanol–water partition coefficient (Wildman–Crippen LogP) is 4.16. The van der Waals surface area contributed by atoms with Gasteiger partial charge in [0.2, 0.25) is 0 Å². The molecule has 0 saturated heterocycles. The maximum atomic E-state index is 10.9. The van der Waals surface area contributed by atoms with Crippen molar-refractivity contribution in [1.82, 2.24) is 0 Å². The average molecular weight is 280 g/mol. The van der Waals surface area contributed by atoms with Gasteiger partial charge < -0.3 is 9.84 Å². The van der Waals surface area contributed by atoms with Crippen LogP contribution in [0, 0.1) is 23.2 Å². The van der Waals surface area contributed by atoms with Crippen molar-refractivity contribution < 1.29 is 9.84 Å². The van der Waals surface area contributed by atoms with Crippen LogP contribution in [0.15, 0.2) is 0 Å². The lowest BCUT2D eigenvalue weighted by Gasteiger charge is -2.46. The maximum absolute atomic E-state index is 10.9. The van der Waals surface area contributed by atoms with Crippen LogP contribution in [0.25, 0.3) is 0 Å². The van der Waals surface area contributed by atoms with E-state index in [9.17, 15) is 5.11 Å². The van der Waals surface area contributed by atoms with E-state index in [0.29, 0.717) is 5.41 Å². The second kappa shape index (κ2) is 5.28. The molecular formula is C18H32O2. The van der Waals surface area contributed by atoms with Crippen LogP contribution in [0.1, 0.15) is 71.6 Å². The Morgan fingerprint density at radius 2 is 1.80 bits per heavy atom. The van der Waals surface area contributed by atoms with E-state index in [-0.39, 0.29) is 11.7 Å². The minimum atomic E-state index is -0.257. The van der Waals surface area contributed by atoms with Gasteiger partial charge in [-0.15, -0.1) is 0 Å². The summed E-state index contributed by atoms with van der Waals surface area (Å²) in [5, 5.41) is 10.9. The van der Waals surface area contributed by atoms with Crippen LogP contribution in [0.2, 0.25) is 0 Å². The summed E-state index contributed by atoms with van der Waals surface area (Å²) in [5.74, 6) is 2.65. The molecule has 0 aliphatic heterocycles. The third-order valence-electron chi connectivity index (χ3n) is 6.87. The lowest BCUT2D eigenvalue weighted by molar-refractivity contribution is -0.143. The van der Waals surface area contributed by atoms with Gasteiger partial charge in [0.25, 0.3) is 0 Å². The van der Waals surface area contributed by atoms with E-state index in [1.54, 1.807) is 0 Å². The Hall–Kier alpha value is -0.0800. The van der Waals surface area contributed by atoms with Gasteiger partial charge in [-0.3, -0.25) is 0 Å². The number of aliphatic hydroxyl groups is 1. The quantitative estimate of drug-likeness (QED) is 0.838. The Morgan fingerprint density at radius 1 is 1.10 bits per heavy atom. The molecule has 3 fully saturated rings. The summed E-state index contributed by atoms with van der Waals surface area (Å²) in [6.45, 7) is 4.68. The molecule has 0 aromatic heterocycles. The van der Waals surface area contributed by atoms with E-state index in [2.05, 4.69) is 13.8 Å². The first-order valence-corrected chi connectivity index (χ1v) is 8.67. The van der Waals surface area contributed by atoms with Crippen LogP contribution >= 0.6 is 0 Å². The topological polar surface area (TPSA) is 29.5 Å². The fourth-order valence-corrected chi connectivity index (χ4v) is 5.19. The first-order valence-electron chi connectivity index (χ1n) is 8.67. The number of aliphatic hydroxyl groups excluding tert-OH is 1. The third-order valence-corrected chi connectivity index (χ3v) is 6.87. The molecule has 20 heavy (non-hydrogen) atoms. The molecule has 2 nitrogen and oxygen atoms in total. The maximum Gasteiger partial charge on any atom is 0.0936 e. The Kier molecular flexibility index (Phi) is 3.92. The summed E-state index contributed by atoms with van der Waals surface area (Å²) in [6, 6.07) is 0. The highest BCUT2D eigenvalue weighted by Gasteiger charge is 2.47. The van der Waals surface area contributed by atoms with Crippen molar-refractivity contribution in [1.29, 1.82) is 0 Å². The molecule has 0 radical (unpaired) electrons. The number of hydrogen-bond acceptors (Lipinski definition) is 2. The highest BCUT2D eigenvalue weighted by atomic mass is 16.5. The number of ether oxygens (including phenoxy) is 1. The Morgan fingerprint density at radius 3 is 2.30 bits per heavy atom. The Labute approximate surface area is 124 Å². The molecule has 116 valence electrons. The molecule has 3 aliphatic carbocycles. The normalized spacial score (nSPS) is 39.9. The van der Waals surface area contributed by atoms with Crippen LogP contribution in [-0.4, -0.2) is 23.9 Å². The van der Waals surface area contributed by atoms with E-state index >= 15 is 0 Å². The molecule has 3 rings (SSSR count). The molecule has 0 heterocycles. The van der Waals surface area contributed by atoms with E-state index in [1.807, 2.05) is 7.11 Å². The summed E-state index contributed by atoms with van der Waals surface area (Å²) in [7, 11) is 1.81. The van der Waals surface area contributed by atoms with Gasteiger partial charge in [0.05, 0.1) is 11.7 Å². The lowest BCUT2D eigenvalue weighted by atomic mass is 9.67. The van der Waals surface area contributed by atoms with Crippen molar-refractivity contribution in [2.24, 2.45) is 23.2 Å². The van der Waals surface area contributed by atoms with Gasteiger partial charge in [0.1, 0.15) is 0 Å². The van der Waals surface area contributed by atoms with E-state index in [0.717, 1.165) is 37.0 Å². The van der Waals surface area contributed by atoms with Gasteiger partial charge in [-0.05, 0) is 74.5 Å². The molecule has 2 heteroatoms. The summed E-state index contributed by atoms with van der Waals surface area (Å²) < 4.78 is 5.87. The van der Waals surface area contributed by atoms with E-state index in [1.165, 1.54) is 38.5 Å². The highest BCUT2D eigenvalue weighted by molar-refractivity contribution is 4.98. The third kappa shape index (κ3) is 2.66.